The number of nitrogens with zero attached hydrogens (tertiary/aromatic N) is 2. The van der Waals surface area contributed by atoms with Crippen molar-refractivity contribution in [2.75, 3.05) is 0 Å². The fraction of sp³-hybridized carbons (Fsp3) is 0.357. The highest BCUT2D eigenvalue weighted by Crippen LogP contribution is 2.32. The SMILES string of the molecule is CC1CCn2c(-c3ccccc3F)nc(Cl)c2C1. The molecule has 0 bridgehead atoms. The van der Waals surface area contributed by atoms with E-state index < -0.39 is 0 Å². The highest BCUT2D eigenvalue weighted by molar-refractivity contribution is 6.30. The largest absolute Gasteiger partial charge is 0.326 e. The Morgan fingerprint density at radius 1 is 1.39 bits per heavy atom. The summed E-state index contributed by atoms with van der Waals surface area (Å²) in [5, 5.41) is 0.514. The Morgan fingerprint density at radius 3 is 2.94 bits per heavy atom. The van der Waals surface area contributed by atoms with E-state index in [4.69, 9.17) is 11.6 Å². The maximum atomic E-state index is 13.8. The summed E-state index contributed by atoms with van der Waals surface area (Å²) in [6.07, 6.45) is 2.00. The predicted octanol–water partition coefficient (Wildman–Crippen LogP) is 3.92. The first kappa shape index (κ1) is 11.7. The highest BCUT2D eigenvalue weighted by atomic mass is 35.5. The van der Waals surface area contributed by atoms with E-state index in [0.29, 0.717) is 22.5 Å². The van der Waals surface area contributed by atoms with E-state index in [0.717, 1.165) is 25.1 Å². The molecule has 1 aromatic carbocycles. The average molecular weight is 265 g/mol. The molecule has 0 saturated heterocycles. The van der Waals surface area contributed by atoms with Crippen LogP contribution in [0.15, 0.2) is 24.3 Å². The second kappa shape index (κ2) is 4.39. The van der Waals surface area contributed by atoms with Crippen molar-refractivity contribution < 1.29 is 4.39 Å². The van der Waals surface area contributed by atoms with Gasteiger partial charge in [-0.1, -0.05) is 30.7 Å². The molecule has 0 N–H and O–H groups in total. The Labute approximate surface area is 110 Å². The van der Waals surface area contributed by atoms with Crippen molar-refractivity contribution in [1.82, 2.24) is 9.55 Å². The first-order valence-electron chi connectivity index (χ1n) is 6.16. The lowest BCUT2D eigenvalue weighted by Crippen LogP contribution is -2.17. The van der Waals surface area contributed by atoms with Gasteiger partial charge in [0.05, 0.1) is 11.3 Å². The molecule has 0 radical (unpaired) electrons. The predicted molar refractivity (Wildman–Crippen MR) is 70.1 cm³/mol. The van der Waals surface area contributed by atoms with Crippen LogP contribution in [-0.2, 0) is 13.0 Å². The Morgan fingerprint density at radius 2 is 2.17 bits per heavy atom. The van der Waals surface area contributed by atoms with Crippen molar-refractivity contribution in [3.05, 3.63) is 40.9 Å². The van der Waals surface area contributed by atoms with Crippen molar-refractivity contribution in [2.45, 2.75) is 26.3 Å². The molecule has 0 saturated carbocycles. The zero-order chi connectivity index (χ0) is 12.7. The number of imidazole rings is 1. The zero-order valence-corrected chi connectivity index (χ0v) is 10.9. The maximum absolute atomic E-state index is 13.8. The van der Waals surface area contributed by atoms with Crippen LogP contribution >= 0.6 is 11.6 Å². The number of aromatic nitrogens is 2. The topological polar surface area (TPSA) is 17.8 Å². The summed E-state index contributed by atoms with van der Waals surface area (Å²) in [6, 6.07) is 6.71. The molecular formula is C14H14ClFN2. The summed E-state index contributed by atoms with van der Waals surface area (Å²) in [7, 11) is 0. The molecule has 1 aromatic heterocycles. The smallest absolute Gasteiger partial charge is 0.150 e. The summed E-state index contributed by atoms with van der Waals surface area (Å²) in [5.74, 6) is 1.01. The molecule has 2 nitrogen and oxygen atoms in total. The molecule has 4 heteroatoms. The molecule has 18 heavy (non-hydrogen) atoms. The first-order chi connectivity index (χ1) is 8.66. The van der Waals surface area contributed by atoms with Gasteiger partial charge in [0, 0.05) is 6.54 Å². The Kier molecular flexibility index (Phi) is 2.86. The van der Waals surface area contributed by atoms with E-state index in [9.17, 15) is 4.39 Å². The van der Waals surface area contributed by atoms with E-state index in [1.807, 2.05) is 6.07 Å². The van der Waals surface area contributed by atoms with E-state index >= 15 is 0 Å². The van der Waals surface area contributed by atoms with Gasteiger partial charge in [-0.25, -0.2) is 9.37 Å². The molecule has 0 spiro atoms. The third kappa shape index (κ3) is 1.83. The van der Waals surface area contributed by atoms with Gasteiger partial charge in [0.15, 0.2) is 5.15 Å². The normalized spacial score (nSPS) is 18.7. The van der Waals surface area contributed by atoms with E-state index in [2.05, 4.69) is 16.5 Å². The van der Waals surface area contributed by atoms with Crippen LogP contribution < -0.4 is 0 Å². The minimum atomic E-state index is -0.249. The Bertz CT molecular complexity index is 591. The number of hydrogen-bond donors (Lipinski definition) is 0. The fourth-order valence-corrected chi connectivity index (χ4v) is 2.78. The summed E-state index contributed by atoms with van der Waals surface area (Å²) in [5.41, 5.74) is 1.56. The van der Waals surface area contributed by atoms with Crippen LogP contribution in [0.25, 0.3) is 11.4 Å². The summed E-state index contributed by atoms with van der Waals surface area (Å²) in [6.45, 7) is 3.06. The van der Waals surface area contributed by atoms with Gasteiger partial charge in [0.2, 0.25) is 0 Å². The lowest BCUT2D eigenvalue weighted by molar-refractivity contribution is 0.419. The highest BCUT2D eigenvalue weighted by Gasteiger charge is 2.24. The van der Waals surface area contributed by atoms with Crippen molar-refractivity contribution in [3.8, 4) is 11.4 Å². The van der Waals surface area contributed by atoms with Crippen molar-refractivity contribution >= 4 is 11.6 Å². The molecule has 1 aliphatic rings. The van der Waals surface area contributed by atoms with Crippen molar-refractivity contribution in [2.24, 2.45) is 5.92 Å². The van der Waals surface area contributed by atoms with Crippen LogP contribution in [0, 0.1) is 11.7 Å². The van der Waals surface area contributed by atoms with Crippen LogP contribution in [0.2, 0.25) is 5.15 Å². The van der Waals surface area contributed by atoms with E-state index in [1.165, 1.54) is 6.07 Å². The van der Waals surface area contributed by atoms with Gasteiger partial charge in [-0.05, 0) is 30.9 Å². The molecule has 0 aliphatic carbocycles. The molecule has 3 rings (SSSR count). The fourth-order valence-electron chi connectivity index (χ4n) is 2.52. The van der Waals surface area contributed by atoms with Gasteiger partial charge in [-0.3, -0.25) is 0 Å². The lowest BCUT2D eigenvalue weighted by Gasteiger charge is -2.22. The number of rotatable bonds is 1. The van der Waals surface area contributed by atoms with Gasteiger partial charge in [0.1, 0.15) is 11.6 Å². The van der Waals surface area contributed by atoms with Crippen LogP contribution in [0.5, 0.6) is 0 Å². The third-order valence-electron chi connectivity index (χ3n) is 3.53. The van der Waals surface area contributed by atoms with Crippen LogP contribution in [-0.4, -0.2) is 9.55 Å². The van der Waals surface area contributed by atoms with Gasteiger partial charge in [-0.15, -0.1) is 0 Å². The maximum Gasteiger partial charge on any atom is 0.150 e. The minimum Gasteiger partial charge on any atom is -0.326 e. The standard InChI is InChI=1S/C14H14ClFN2/c1-9-6-7-18-12(8-9)13(15)17-14(18)10-4-2-3-5-11(10)16/h2-5,9H,6-8H2,1H3. The molecular weight excluding hydrogens is 251 g/mol. The molecule has 2 heterocycles. The second-order valence-electron chi connectivity index (χ2n) is 4.90. The van der Waals surface area contributed by atoms with Crippen molar-refractivity contribution in [3.63, 3.8) is 0 Å². The summed E-state index contributed by atoms with van der Waals surface area (Å²) < 4.78 is 15.9. The van der Waals surface area contributed by atoms with Crippen molar-refractivity contribution in [1.29, 1.82) is 0 Å². The minimum absolute atomic E-state index is 0.249. The number of benzene rings is 1. The summed E-state index contributed by atoms with van der Waals surface area (Å²) >= 11 is 6.18. The average Bonchev–Trinajstić information content (AvgIpc) is 2.67. The molecule has 2 aromatic rings. The Balaban J connectivity index is 2.15. The van der Waals surface area contributed by atoms with Gasteiger partial charge >= 0.3 is 0 Å². The van der Waals surface area contributed by atoms with E-state index in [1.54, 1.807) is 12.1 Å². The molecule has 0 fully saturated rings. The molecule has 0 amide bonds. The van der Waals surface area contributed by atoms with E-state index in [-0.39, 0.29) is 5.82 Å². The van der Waals surface area contributed by atoms with Crippen LogP contribution in [0.4, 0.5) is 4.39 Å². The van der Waals surface area contributed by atoms with Gasteiger partial charge < -0.3 is 4.57 Å². The second-order valence-corrected chi connectivity index (χ2v) is 5.26. The van der Waals surface area contributed by atoms with Crippen LogP contribution in [0.1, 0.15) is 19.0 Å². The molecule has 94 valence electrons. The molecule has 1 aliphatic heterocycles. The first-order valence-corrected chi connectivity index (χ1v) is 6.54. The summed E-state index contributed by atoms with van der Waals surface area (Å²) in [4.78, 5) is 4.35. The third-order valence-corrected chi connectivity index (χ3v) is 3.83. The molecule has 1 atom stereocenters. The zero-order valence-electron chi connectivity index (χ0n) is 10.2. The molecule has 1 unspecified atom stereocenters. The number of hydrogen-bond acceptors (Lipinski definition) is 1. The van der Waals surface area contributed by atoms with Gasteiger partial charge in [0.25, 0.3) is 0 Å². The monoisotopic (exact) mass is 264 g/mol. The Hall–Kier alpha value is -1.35. The van der Waals surface area contributed by atoms with Crippen LogP contribution in [0.3, 0.4) is 0 Å². The number of fused-ring (bicyclic) bond motifs is 1. The lowest BCUT2D eigenvalue weighted by atomic mass is 9.98. The van der Waals surface area contributed by atoms with Gasteiger partial charge in [-0.2, -0.15) is 0 Å². The quantitative estimate of drug-likeness (QED) is 0.763. The number of halogens is 2.